The Hall–Kier alpha value is -3.53. The molecule has 0 radical (unpaired) electrons. The van der Waals surface area contributed by atoms with Crippen LogP contribution in [0, 0.1) is 11.3 Å². The summed E-state index contributed by atoms with van der Waals surface area (Å²) in [5, 5.41) is 11.5. The van der Waals surface area contributed by atoms with Crippen molar-refractivity contribution in [3.05, 3.63) is 77.6 Å². The topological polar surface area (TPSA) is 66.0 Å². The van der Waals surface area contributed by atoms with E-state index in [1.807, 2.05) is 6.07 Å². The molecule has 26 heavy (non-hydrogen) atoms. The van der Waals surface area contributed by atoms with Crippen LogP contribution in [-0.2, 0) is 6.18 Å². The molecule has 3 aromatic rings. The van der Waals surface area contributed by atoms with Gasteiger partial charge in [0.15, 0.2) is 5.76 Å². The number of alkyl halides is 3. The Bertz CT molecular complexity index is 1000. The third kappa shape index (κ3) is 3.44. The fourth-order valence-electron chi connectivity index (χ4n) is 2.42. The Labute approximate surface area is 146 Å². The van der Waals surface area contributed by atoms with E-state index in [-0.39, 0.29) is 28.3 Å². The van der Waals surface area contributed by atoms with E-state index in [0.717, 1.165) is 6.07 Å². The molecule has 0 aliphatic heterocycles. The number of furan rings is 1. The van der Waals surface area contributed by atoms with Crippen LogP contribution in [0.4, 0.5) is 18.9 Å². The van der Waals surface area contributed by atoms with E-state index in [4.69, 9.17) is 9.68 Å². The van der Waals surface area contributed by atoms with Gasteiger partial charge < -0.3 is 9.73 Å². The Morgan fingerprint density at radius 2 is 1.69 bits per heavy atom. The highest BCUT2D eigenvalue weighted by Gasteiger charge is 2.34. The van der Waals surface area contributed by atoms with Gasteiger partial charge in [0.2, 0.25) is 0 Å². The molecule has 0 atom stereocenters. The number of halogens is 3. The second-order valence-electron chi connectivity index (χ2n) is 5.32. The summed E-state index contributed by atoms with van der Waals surface area (Å²) in [6.45, 7) is 0. The van der Waals surface area contributed by atoms with Crippen LogP contribution < -0.4 is 5.32 Å². The molecule has 0 bridgehead atoms. The number of nitriles is 1. The van der Waals surface area contributed by atoms with E-state index in [2.05, 4.69) is 5.32 Å². The normalized spacial score (nSPS) is 11.0. The van der Waals surface area contributed by atoms with Gasteiger partial charge in [-0.2, -0.15) is 18.4 Å². The van der Waals surface area contributed by atoms with Gasteiger partial charge in [-0.05, 0) is 30.3 Å². The zero-order valence-corrected chi connectivity index (χ0v) is 13.2. The first kappa shape index (κ1) is 17.3. The molecule has 7 heteroatoms. The van der Waals surface area contributed by atoms with Gasteiger partial charge in [-0.1, -0.05) is 30.3 Å². The van der Waals surface area contributed by atoms with Crippen molar-refractivity contribution in [3.63, 3.8) is 0 Å². The lowest BCUT2D eigenvalue weighted by Crippen LogP contribution is -2.11. The van der Waals surface area contributed by atoms with Gasteiger partial charge in [0.05, 0.1) is 16.8 Å². The summed E-state index contributed by atoms with van der Waals surface area (Å²) in [5.41, 5.74) is -0.462. The fraction of sp³-hybridized carbons (Fsp3) is 0.0526. The standard InChI is InChI=1S/C19H11F3N2O2/c20-19(21,22)14-7-3-2-6-13(14)16-9-10-17(26-16)18(25)24-15-8-4-1-5-12(15)11-23/h1-10H,(H,24,25). The molecule has 4 nitrogen and oxygen atoms in total. The molecule has 1 amide bonds. The van der Waals surface area contributed by atoms with Crippen molar-refractivity contribution in [2.45, 2.75) is 6.18 Å². The van der Waals surface area contributed by atoms with Crippen LogP contribution in [0.2, 0.25) is 0 Å². The van der Waals surface area contributed by atoms with Gasteiger partial charge in [-0.25, -0.2) is 0 Å². The van der Waals surface area contributed by atoms with Gasteiger partial charge in [0.1, 0.15) is 11.8 Å². The maximum atomic E-state index is 13.1. The van der Waals surface area contributed by atoms with Crippen LogP contribution in [0.5, 0.6) is 0 Å². The van der Waals surface area contributed by atoms with Crippen LogP contribution in [0.15, 0.2) is 65.1 Å². The molecule has 1 aromatic heterocycles. The van der Waals surface area contributed by atoms with E-state index in [1.165, 1.54) is 36.4 Å². The highest BCUT2D eigenvalue weighted by atomic mass is 19.4. The number of nitrogens with one attached hydrogen (secondary N) is 1. The van der Waals surface area contributed by atoms with Gasteiger partial charge >= 0.3 is 6.18 Å². The predicted molar refractivity (Wildman–Crippen MR) is 88.3 cm³/mol. The summed E-state index contributed by atoms with van der Waals surface area (Å²) in [5.74, 6) is -0.898. The second-order valence-corrected chi connectivity index (χ2v) is 5.32. The molecule has 1 heterocycles. The zero-order valence-electron chi connectivity index (χ0n) is 13.2. The summed E-state index contributed by atoms with van der Waals surface area (Å²) < 4.78 is 44.7. The first-order chi connectivity index (χ1) is 12.4. The van der Waals surface area contributed by atoms with Crippen LogP contribution in [0.1, 0.15) is 21.7 Å². The number of nitrogens with zero attached hydrogens (tertiary/aromatic N) is 1. The highest BCUT2D eigenvalue weighted by molar-refractivity contribution is 6.03. The lowest BCUT2D eigenvalue weighted by Gasteiger charge is -2.10. The Kier molecular flexibility index (Phi) is 4.50. The SMILES string of the molecule is N#Cc1ccccc1NC(=O)c1ccc(-c2ccccc2C(F)(F)F)o1. The number of para-hydroxylation sites is 1. The van der Waals surface area contributed by atoms with Gasteiger partial charge in [-0.3, -0.25) is 4.79 Å². The lowest BCUT2D eigenvalue weighted by molar-refractivity contribution is -0.137. The molecule has 1 N–H and O–H groups in total. The molecule has 2 aromatic carbocycles. The minimum Gasteiger partial charge on any atom is -0.451 e. The molecule has 130 valence electrons. The quantitative estimate of drug-likeness (QED) is 0.711. The number of carbonyl (C=O) groups excluding carboxylic acids is 1. The summed E-state index contributed by atoms with van der Waals surface area (Å²) >= 11 is 0. The average molecular weight is 356 g/mol. The number of hydrogen-bond donors (Lipinski definition) is 1. The number of benzene rings is 2. The summed E-state index contributed by atoms with van der Waals surface area (Å²) in [7, 11) is 0. The van der Waals surface area contributed by atoms with Crippen molar-refractivity contribution in [3.8, 4) is 17.4 Å². The average Bonchev–Trinajstić information content (AvgIpc) is 3.11. The monoisotopic (exact) mass is 356 g/mol. The highest BCUT2D eigenvalue weighted by Crippen LogP contribution is 2.37. The first-order valence-corrected chi connectivity index (χ1v) is 7.47. The number of rotatable bonds is 3. The van der Waals surface area contributed by atoms with Crippen LogP contribution in [0.25, 0.3) is 11.3 Å². The smallest absolute Gasteiger partial charge is 0.417 e. The van der Waals surface area contributed by atoms with Crippen molar-refractivity contribution in [1.82, 2.24) is 0 Å². The third-order valence-electron chi connectivity index (χ3n) is 3.62. The Morgan fingerprint density at radius 3 is 2.42 bits per heavy atom. The summed E-state index contributed by atoms with van der Waals surface area (Å²) in [6.07, 6.45) is -4.54. The van der Waals surface area contributed by atoms with E-state index in [1.54, 1.807) is 18.2 Å². The predicted octanol–water partition coefficient (Wildman–Crippen LogP) is 5.09. The van der Waals surface area contributed by atoms with Crippen LogP contribution >= 0.6 is 0 Å². The fourth-order valence-corrected chi connectivity index (χ4v) is 2.42. The lowest BCUT2D eigenvalue weighted by atomic mass is 10.1. The number of carbonyl (C=O) groups is 1. The van der Waals surface area contributed by atoms with E-state index >= 15 is 0 Å². The molecule has 0 saturated heterocycles. The number of anilines is 1. The molecule has 0 aliphatic carbocycles. The van der Waals surface area contributed by atoms with Crippen molar-refractivity contribution in [1.29, 1.82) is 5.26 Å². The minimum absolute atomic E-state index is 0.0726. The Morgan fingerprint density at radius 1 is 1.00 bits per heavy atom. The minimum atomic E-state index is -4.54. The first-order valence-electron chi connectivity index (χ1n) is 7.47. The largest absolute Gasteiger partial charge is 0.451 e. The van der Waals surface area contributed by atoms with Gasteiger partial charge in [0.25, 0.3) is 5.91 Å². The van der Waals surface area contributed by atoms with E-state index < -0.39 is 17.6 Å². The summed E-state index contributed by atoms with van der Waals surface area (Å²) in [6, 6.07) is 15.8. The molecule has 0 fully saturated rings. The molecule has 0 spiro atoms. The molecular formula is C19H11F3N2O2. The molecule has 0 aliphatic rings. The zero-order chi connectivity index (χ0) is 18.7. The van der Waals surface area contributed by atoms with Crippen molar-refractivity contribution >= 4 is 11.6 Å². The molecule has 0 unspecified atom stereocenters. The van der Waals surface area contributed by atoms with Crippen LogP contribution in [-0.4, -0.2) is 5.91 Å². The maximum absolute atomic E-state index is 13.1. The van der Waals surface area contributed by atoms with Crippen LogP contribution in [0.3, 0.4) is 0 Å². The molecular weight excluding hydrogens is 345 g/mol. The van der Waals surface area contributed by atoms with Crippen molar-refractivity contribution < 1.29 is 22.4 Å². The maximum Gasteiger partial charge on any atom is 0.417 e. The molecule has 0 saturated carbocycles. The van der Waals surface area contributed by atoms with Gasteiger partial charge in [-0.15, -0.1) is 0 Å². The third-order valence-corrected chi connectivity index (χ3v) is 3.62. The molecule has 3 rings (SSSR count). The Balaban J connectivity index is 1.90. The summed E-state index contributed by atoms with van der Waals surface area (Å²) in [4.78, 5) is 12.3. The van der Waals surface area contributed by atoms with Crippen molar-refractivity contribution in [2.75, 3.05) is 5.32 Å². The number of hydrogen-bond acceptors (Lipinski definition) is 3. The van der Waals surface area contributed by atoms with Gasteiger partial charge in [0, 0.05) is 5.56 Å². The second kappa shape index (κ2) is 6.76. The van der Waals surface area contributed by atoms with E-state index in [9.17, 15) is 18.0 Å². The van der Waals surface area contributed by atoms with E-state index in [0.29, 0.717) is 0 Å². The van der Waals surface area contributed by atoms with Crippen molar-refractivity contribution in [2.24, 2.45) is 0 Å². The number of amides is 1.